The van der Waals surface area contributed by atoms with Crippen LogP contribution < -0.4 is 0 Å². The molecule has 1 rings (SSSR count). The average Bonchev–Trinajstić information content (AvgIpc) is 2.46. The van der Waals surface area contributed by atoms with Crippen molar-refractivity contribution >= 4 is 11.6 Å². The van der Waals surface area contributed by atoms with E-state index in [1.54, 1.807) is 11.7 Å². The Hall–Kier alpha value is -0.620. The minimum absolute atomic E-state index is 0.0664. The molecule has 0 aliphatic carbocycles. The van der Waals surface area contributed by atoms with Crippen LogP contribution in [0.15, 0.2) is 0 Å². The molecular formula is C10H18ClN3O2. The number of hydrogen-bond acceptors (Lipinski definition) is 4. The zero-order chi connectivity index (χ0) is 12.1. The van der Waals surface area contributed by atoms with E-state index in [2.05, 4.69) is 5.10 Å². The van der Waals surface area contributed by atoms with Crippen molar-refractivity contribution in [3.8, 4) is 0 Å². The van der Waals surface area contributed by atoms with Crippen LogP contribution in [0, 0.1) is 6.92 Å². The van der Waals surface area contributed by atoms with Crippen LogP contribution in [0.5, 0.6) is 0 Å². The van der Waals surface area contributed by atoms with E-state index in [1.165, 1.54) is 0 Å². The summed E-state index contributed by atoms with van der Waals surface area (Å²) in [6.45, 7) is 3.67. The lowest BCUT2D eigenvalue weighted by atomic mass is 10.2. The standard InChI is InChI=1S/C10H18ClN3O2/c1-8-9(10(11)13(2)12-8)7-14(3-5-15)4-6-16/h15-16H,3-7H2,1-2H3. The molecule has 0 amide bonds. The second kappa shape index (κ2) is 6.20. The minimum Gasteiger partial charge on any atom is -0.395 e. The Labute approximate surface area is 100 Å². The van der Waals surface area contributed by atoms with E-state index in [0.29, 0.717) is 24.8 Å². The number of aryl methyl sites for hydroxylation is 2. The topological polar surface area (TPSA) is 61.5 Å². The van der Waals surface area contributed by atoms with Gasteiger partial charge in [0.05, 0.1) is 18.9 Å². The molecule has 1 heterocycles. The Balaban J connectivity index is 2.76. The Morgan fingerprint density at radius 2 is 1.88 bits per heavy atom. The molecule has 0 aliphatic rings. The van der Waals surface area contributed by atoms with Crippen molar-refractivity contribution in [1.82, 2.24) is 14.7 Å². The average molecular weight is 248 g/mol. The molecule has 92 valence electrons. The van der Waals surface area contributed by atoms with Crippen LogP contribution in [-0.4, -0.2) is 51.2 Å². The Morgan fingerprint density at radius 1 is 1.31 bits per heavy atom. The van der Waals surface area contributed by atoms with Gasteiger partial charge in [-0.25, -0.2) is 0 Å². The predicted octanol–water partition coefficient (Wildman–Crippen LogP) is 0.169. The predicted molar refractivity (Wildman–Crippen MR) is 62.4 cm³/mol. The zero-order valence-corrected chi connectivity index (χ0v) is 10.4. The van der Waals surface area contributed by atoms with Crippen LogP contribution in [0.3, 0.4) is 0 Å². The fourth-order valence-electron chi connectivity index (χ4n) is 1.63. The van der Waals surface area contributed by atoms with Gasteiger partial charge < -0.3 is 10.2 Å². The lowest BCUT2D eigenvalue weighted by molar-refractivity contribution is 0.155. The maximum absolute atomic E-state index is 8.91. The maximum Gasteiger partial charge on any atom is 0.131 e. The first-order valence-corrected chi connectivity index (χ1v) is 5.60. The first-order valence-electron chi connectivity index (χ1n) is 5.22. The molecule has 0 unspecified atom stereocenters. The van der Waals surface area contributed by atoms with Gasteiger partial charge in [-0.1, -0.05) is 11.6 Å². The smallest absolute Gasteiger partial charge is 0.131 e. The van der Waals surface area contributed by atoms with Crippen molar-refractivity contribution in [2.24, 2.45) is 7.05 Å². The van der Waals surface area contributed by atoms with Gasteiger partial charge in [0.2, 0.25) is 0 Å². The van der Waals surface area contributed by atoms with Crippen LogP contribution in [-0.2, 0) is 13.6 Å². The minimum atomic E-state index is 0.0664. The molecule has 0 spiro atoms. The normalized spacial score (nSPS) is 11.4. The largest absolute Gasteiger partial charge is 0.395 e. The van der Waals surface area contributed by atoms with Crippen molar-refractivity contribution < 1.29 is 10.2 Å². The number of aromatic nitrogens is 2. The first kappa shape index (κ1) is 13.4. The van der Waals surface area contributed by atoms with Gasteiger partial charge in [0, 0.05) is 32.2 Å². The van der Waals surface area contributed by atoms with E-state index >= 15 is 0 Å². The molecule has 0 saturated carbocycles. The van der Waals surface area contributed by atoms with E-state index in [1.807, 2.05) is 11.8 Å². The SMILES string of the molecule is Cc1nn(C)c(Cl)c1CN(CCO)CCO. The zero-order valence-electron chi connectivity index (χ0n) is 9.65. The van der Waals surface area contributed by atoms with Gasteiger partial charge in [0.15, 0.2) is 0 Å². The molecule has 0 bridgehead atoms. The van der Waals surface area contributed by atoms with Crippen molar-refractivity contribution in [3.63, 3.8) is 0 Å². The van der Waals surface area contributed by atoms with Crippen molar-refractivity contribution in [1.29, 1.82) is 0 Å². The summed E-state index contributed by atoms with van der Waals surface area (Å²) >= 11 is 6.11. The molecule has 1 aromatic rings. The van der Waals surface area contributed by atoms with Gasteiger partial charge in [-0.05, 0) is 6.92 Å². The molecule has 6 heteroatoms. The number of aliphatic hydroxyl groups is 2. The third-order valence-electron chi connectivity index (χ3n) is 2.48. The summed E-state index contributed by atoms with van der Waals surface area (Å²) in [5.74, 6) is 0. The van der Waals surface area contributed by atoms with Crippen LogP contribution in [0.2, 0.25) is 5.15 Å². The van der Waals surface area contributed by atoms with Crippen LogP contribution in [0.25, 0.3) is 0 Å². The Morgan fingerprint density at radius 3 is 2.25 bits per heavy atom. The summed E-state index contributed by atoms with van der Waals surface area (Å²) in [6.07, 6.45) is 0. The third kappa shape index (κ3) is 3.18. The fraction of sp³-hybridized carbons (Fsp3) is 0.700. The van der Waals surface area contributed by atoms with Crippen LogP contribution in [0.1, 0.15) is 11.3 Å². The summed E-state index contributed by atoms with van der Waals surface area (Å²) in [4.78, 5) is 1.94. The number of nitrogens with zero attached hydrogens (tertiary/aromatic N) is 3. The summed E-state index contributed by atoms with van der Waals surface area (Å²) in [7, 11) is 1.79. The van der Waals surface area contributed by atoms with Gasteiger partial charge in [0.25, 0.3) is 0 Å². The fourth-order valence-corrected chi connectivity index (χ4v) is 1.86. The number of halogens is 1. The van der Waals surface area contributed by atoms with Crippen molar-refractivity contribution in [2.75, 3.05) is 26.3 Å². The molecule has 0 aromatic carbocycles. The molecule has 5 nitrogen and oxygen atoms in total. The quantitative estimate of drug-likeness (QED) is 0.752. The van der Waals surface area contributed by atoms with E-state index < -0.39 is 0 Å². The van der Waals surface area contributed by atoms with Gasteiger partial charge in [-0.15, -0.1) is 0 Å². The first-order chi connectivity index (χ1) is 7.60. The Bertz CT molecular complexity index is 335. The summed E-state index contributed by atoms with van der Waals surface area (Å²) in [6, 6.07) is 0. The second-order valence-electron chi connectivity index (χ2n) is 3.70. The monoisotopic (exact) mass is 247 g/mol. The van der Waals surface area contributed by atoms with Crippen molar-refractivity contribution in [2.45, 2.75) is 13.5 Å². The summed E-state index contributed by atoms with van der Waals surface area (Å²) in [5.41, 5.74) is 1.83. The lowest BCUT2D eigenvalue weighted by Crippen LogP contribution is -2.29. The second-order valence-corrected chi connectivity index (χ2v) is 4.06. The summed E-state index contributed by atoms with van der Waals surface area (Å²) in [5, 5.41) is 22.6. The molecule has 0 fully saturated rings. The molecule has 0 atom stereocenters. The van der Waals surface area contributed by atoms with Crippen molar-refractivity contribution in [3.05, 3.63) is 16.4 Å². The van der Waals surface area contributed by atoms with Gasteiger partial charge in [0.1, 0.15) is 5.15 Å². The molecule has 2 N–H and O–H groups in total. The van der Waals surface area contributed by atoms with E-state index in [4.69, 9.17) is 21.8 Å². The number of hydrogen-bond donors (Lipinski definition) is 2. The molecule has 0 radical (unpaired) electrons. The van der Waals surface area contributed by atoms with Crippen LogP contribution >= 0.6 is 11.6 Å². The molecule has 0 saturated heterocycles. The van der Waals surface area contributed by atoms with Gasteiger partial charge in [-0.2, -0.15) is 5.10 Å². The highest BCUT2D eigenvalue weighted by molar-refractivity contribution is 6.30. The molecular weight excluding hydrogens is 230 g/mol. The molecule has 16 heavy (non-hydrogen) atoms. The maximum atomic E-state index is 8.91. The molecule has 0 aliphatic heterocycles. The van der Waals surface area contributed by atoms with Crippen LogP contribution in [0.4, 0.5) is 0 Å². The highest BCUT2D eigenvalue weighted by Gasteiger charge is 2.14. The van der Waals surface area contributed by atoms with Gasteiger partial charge in [-0.3, -0.25) is 9.58 Å². The number of aliphatic hydroxyl groups excluding tert-OH is 2. The summed E-state index contributed by atoms with van der Waals surface area (Å²) < 4.78 is 1.63. The highest BCUT2D eigenvalue weighted by Crippen LogP contribution is 2.20. The highest BCUT2D eigenvalue weighted by atomic mass is 35.5. The van der Waals surface area contributed by atoms with Gasteiger partial charge >= 0.3 is 0 Å². The van der Waals surface area contributed by atoms with E-state index in [-0.39, 0.29) is 13.2 Å². The van der Waals surface area contributed by atoms with E-state index in [9.17, 15) is 0 Å². The third-order valence-corrected chi connectivity index (χ3v) is 2.96. The molecule has 1 aromatic heterocycles. The number of rotatable bonds is 6. The van der Waals surface area contributed by atoms with E-state index in [0.717, 1.165) is 11.3 Å². The lowest BCUT2D eigenvalue weighted by Gasteiger charge is -2.19. The Kier molecular flexibility index (Phi) is 5.21.